The fourth-order valence-electron chi connectivity index (χ4n) is 2.39. The molecule has 0 radical (unpaired) electrons. The Morgan fingerprint density at radius 3 is 2.50 bits per heavy atom. The van der Waals surface area contributed by atoms with Crippen molar-refractivity contribution in [2.24, 2.45) is 0 Å². The third-order valence-corrected chi connectivity index (χ3v) is 4.07. The van der Waals surface area contributed by atoms with Gasteiger partial charge in [-0.15, -0.1) is 0 Å². The first-order valence-corrected chi connectivity index (χ1v) is 8.74. The molecule has 0 aliphatic carbocycles. The Hall–Kier alpha value is -2.61. The average molecular weight is 419 g/mol. The molecule has 0 spiro atoms. The number of benzene rings is 1. The molecule has 0 fully saturated rings. The smallest absolute Gasteiger partial charge is 0.420 e. The number of methoxy groups -OCH3 is 1. The fourth-order valence-corrected chi connectivity index (χ4v) is 2.77. The summed E-state index contributed by atoms with van der Waals surface area (Å²) in [4.78, 5) is 23.1. The summed E-state index contributed by atoms with van der Waals surface area (Å²) in [5, 5.41) is 0. The van der Waals surface area contributed by atoms with Crippen LogP contribution in [-0.2, 0) is 4.74 Å². The highest BCUT2D eigenvalue weighted by Crippen LogP contribution is 2.31. The van der Waals surface area contributed by atoms with Crippen LogP contribution in [-0.4, -0.2) is 33.2 Å². The standard InChI is InChI=1S/C18H19BrN4O3/c1-18(2,3)26-17(24)23(12-5-7-13(25-4)8-6-12)16-15-20-9-10-22(15)14(19)11-21-16/h5-11H,1-4H3. The molecule has 136 valence electrons. The SMILES string of the molecule is COc1ccc(N(C(=O)OC(C)(C)C)c2ncc(Br)n3ccnc23)cc1. The lowest BCUT2D eigenvalue weighted by Gasteiger charge is -2.27. The van der Waals surface area contributed by atoms with E-state index in [-0.39, 0.29) is 0 Å². The summed E-state index contributed by atoms with van der Waals surface area (Å²) in [6.45, 7) is 5.45. The summed E-state index contributed by atoms with van der Waals surface area (Å²) in [7, 11) is 1.59. The molecule has 3 aromatic rings. The molecule has 0 aliphatic rings. The van der Waals surface area contributed by atoms with Crippen molar-refractivity contribution in [1.82, 2.24) is 14.4 Å². The Morgan fingerprint density at radius 1 is 1.19 bits per heavy atom. The molecule has 2 heterocycles. The molecule has 3 rings (SSSR count). The minimum absolute atomic E-state index is 0.373. The fraction of sp³-hybridized carbons (Fsp3) is 0.278. The number of rotatable bonds is 3. The van der Waals surface area contributed by atoms with Gasteiger partial charge in [0.05, 0.1) is 19.0 Å². The third-order valence-electron chi connectivity index (χ3n) is 3.48. The Balaban J connectivity index is 2.14. The van der Waals surface area contributed by atoms with Crippen molar-refractivity contribution in [1.29, 1.82) is 0 Å². The van der Waals surface area contributed by atoms with E-state index in [1.54, 1.807) is 54.4 Å². The van der Waals surface area contributed by atoms with Crippen LogP contribution in [0.25, 0.3) is 5.65 Å². The summed E-state index contributed by atoms with van der Waals surface area (Å²) < 4.78 is 13.3. The predicted octanol–water partition coefficient (Wildman–Crippen LogP) is 4.57. The summed E-state index contributed by atoms with van der Waals surface area (Å²) >= 11 is 3.43. The Labute approximate surface area is 159 Å². The molecule has 7 nitrogen and oxygen atoms in total. The van der Waals surface area contributed by atoms with Crippen LogP contribution in [0.3, 0.4) is 0 Å². The van der Waals surface area contributed by atoms with Gasteiger partial charge in [-0.3, -0.25) is 4.40 Å². The molecule has 2 aromatic heterocycles. The number of imidazole rings is 1. The highest BCUT2D eigenvalue weighted by atomic mass is 79.9. The lowest BCUT2D eigenvalue weighted by molar-refractivity contribution is 0.0598. The first-order valence-electron chi connectivity index (χ1n) is 7.95. The number of ether oxygens (including phenoxy) is 2. The van der Waals surface area contributed by atoms with Gasteiger partial charge >= 0.3 is 6.09 Å². The van der Waals surface area contributed by atoms with Crippen LogP contribution in [0.4, 0.5) is 16.3 Å². The number of nitrogens with zero attached hydrogens (tertiary/aromatic N) is 4. The number of halogens is 1. The van der Waals surface area contributed by atoms with Crippen molar-refractivity contribution in [3.8, 4) is 5.75 Å². The minimum Gasteiger partial charge on any atom is -0.497 e. The van der Waals surface area contributed by atoms with Crippen molar-refractivity contribution in [2.45, 2.75) is 26.4 Å². The highest BCUT2D eigenvalue weighted by Gasteiger charge is 2.28. The third kappa shape index (κ3) is 3.65. The van der Waals surface area contributed by atoms with Crippen LogP contribution in [0.5, 0.6) is 5.75 Å². The topological polar surface area (TPSA) is 69.0 Å². The van der Waals surface area contributed by atoms with E-state index < -0.39 is 11.7 Å². The Morgan fingerprint density at radius 2 is 1.88 bits per heavy atom. The average Bonchev–Trinajstić information content (AvgIpc) is 3.07. The molecule has 0 N–H and O–H groups in total. The number of fused-ring (bicyclic) bond motifs is 1. The van der Waals surface area contributed by atoms with E-state index in [0.717, 1.165) is 4.60 Å². The molecule has 0 saturated heterocycles. The minimum atomic E-state index is -0.650. The predicted molar refractivity (Wildman–Crippen MR) is 102 cm³/mol. The molecular weight excluding hydrogens is 400 g/mol. The summed E-state index contributed by atoms with van der Waals surface area (Å²) in [6.07, 6.45) is 4.51. The second-order valence-corrected chi connectivity index (χ2v) is 7.35. The lowest BCUT2D eigenvalue weighted by Crippen LogP contribution is -2.34. The van der Waals surface area contributed by atoms with Crippen LogP contribution in [0.2, 0.25) is 0 Å². The van der Waals surface area contributed by atoms with Gasteiger partial charge in [-0.2, -0.15) is 0 Å². The zero-order valence-electron chi connectivity index (χ0n) is 14.9. The lowest BCUT2D eigenvalue weighted by atomic mass is 10.2. The second kappa shape index (κ2) is 6.95. The van der Waals surface area contributed by atoms with Gasteiger partial charge in [0.1, 0.15) is 16.0 Å². The summed E-state index contributed by atoms with van der Waals surface area (Å²) in [5.41, 5.74) is 0.476. The van der Waals surface area contributed by atoms with E-state index in [9.17, 15) is 4.79 Å². The van der Waals surface area contributed by atoms with Crippen molar-refractivity contribution < 1.29 is 14.3 Å². The van der Waals surface area contributed by atoms with E-state index in [4.69, 9.17) is 9.47 Å². The van der Waals surface area contributed by atoms with E-state index in [2.05, 4.69) is 25.9 Å². The quantitative estimate of drug-likeness (QED) is 0.622. The Kier molecular flexibility index (Phi) is 4.86. The second-order valence-electron chi connectivity index (χ2n) is 6.54. The maximum Gasteiger partial charge on any atom is 0.420 e. The molecule has 0 saturated carbocycles. The normalized spacial score (nSPS) is 11.4. The zero-order chi connectivity index (χ0) is 18.9. The van der Waals surface area contributed by atoms with Crippen LogP contribution >= 0.6 is 15.9 Å². The van der Waals surface area contributed by atoms with Crippen molar-refractivity contribution in [3.05, 3.63) is 47.5 Å². The number of carbonyl (C=O) groups is 1. The first kappa shape index (κ1) is 18.2. The van der Waals surface area contributed by atoms with E-state index in [1.165, 1.54) is 4.90 Å². The summed E-state index contributed by atoms with van der Waals surface area (Å²) in [5.74, 6) is 1.06. The summed E-state index contributed by atoms with van der Waals surface area (Å²) in [6, 6.07) is 7.08. The molecular formula is C18H19BrN4O3. The molecule has 1 amide bonds. The number of hydrogen-bond donors (Lipinski definition) is 0. The van der Waals surface area contributed by atoms with E-state index in [1.807, 2.05) is 20.8 Å². The van der Waals surface area contributed by atoms with Gasteiger partial charge in [0.2, 0.25) is 0 Å². The molecule has 0 atom stereocenters. The highest BCUT2D eigenvalue weighted by molar-refractivity contribution is 9.10. The van der Waals surface area contributed by atoms with Gasteiger partial charge in [0.15, 0.2) is 11.5 Å². The van der Waals surface area contributed by atoms with Gasteiger partial charge in [-0.1, -0.05) is 0 Å². The van der Waals surface area contributed by atoms with Crippen LogP contribution in [0.15, 0.2) is 47.5 Å². The molecule has 1 aromatic carbocycles. The van der Waals surface area contributed by atoms with Crippen molar-refractivity contribution >= 4 is 39.2 Å². The number of aromatic nitrogens is 3. The van der Waals surface area contributed by atoms with Gasteiger partial charge in [0.25, 0.3) is 0 Å². The maximum absolute atomic E-state index is 12.9. The van der Waals surface area contributed by atoms with Gasteiger partial charge in [-0.05, 0) is 61.0 Å². The van der Waals surface area contributed by atoms with E-state index in [0.29, 0.717) is 22.9 Å². The largest absolute Gasteiger partial charge is 0.497 e. The number of amides is 1. The zero-order valence-corrected chi connectivity index (χ0v) is 16.5. The number of carbonyl (C=O) groups excluding carboxylic acids is 1. The van der Waals surface area contributed by atoms with Crippen molar-refractivity contribution in [3.63, 3.8) is 0 Å². The molecule has 0 aliphatic heterocycles. The van der Waals surface area contributed by atoms with Crippen LogP contribution < -0.4 is 9.64 Å². The first-order chi connectivity index (χ1) is 12.3. The Bertz CT molecular complexity index is 932. The van der Waals surface area contributed by atoms with Gasteiger partial charge < -0.3 is 9.47 Å². The van der Waals surface area contributed by atoms with Gasteiger partial charge in [0, 0.05) is 12.4 Å². The number of anilines is 2. The monoisotopic (exact) mass is 418 g/mol. The van der Waals surface area contributed by atoms with Crippen LogP contribution in [0, 0.1) is 0 Å². The molecule has 0 bridgehead atoms. The number of hydrogen-bond acceptors (Lipinski definition) is 5. The van der Waals surface area contributed by atoms with Crippen LogP contribution in [0.1, 0.15) is 20.8 Å². The molecule has 8 heteroatoms. The van der Waals surface area contributed by atoms with E-state index >= 15 is 0 Å². The van der Waals surface area contributed by atoms with Gasteiger partial charge in [-0.25, -0.2) is 19.7 Å². The van der Waals surface area contributed by atoms with Crippen molar-refractivity contribution in [2.75, 3.05) is 12.0 Å². The molecule has 0 unspecified atom stereocenters. The molecule has 26 heavy (non-hydrogen) atoms. The maximum atomic E-state index is 12.9.